The number of carbonyl (C=O) groups is 2. The van der Waals surface area contributed by atoms with Crippen LogP contribution in [0, 0.1) is 11.3 Å². The van der Waals surface area contributed by atoms with Crippen molar-refractivity contribution in [3.05, 3.63) is 41.1 Å². The van der Waals surface area contributed by atoms with Gasteiger partial charge in [-0.2, -0.15) is 14.0 Å². The van der Waals surface area contributed by atoms with E-state index in [4.69, 9.17) is 14.7 Å². The van der Waals surface area contributed by atoms with E-state index < -0.39 is 17.8 Å². The molecule has 1 spiro atoms. The molecule has 5 rings (SSSR count). The Balaban J connectivity index is 1.33. The minimum atomic E-state index is -1.24. The Hall–Kier alpha value is -2.48. The maximum atomic E-state index is 11.6. The van der Waals surface area contributed by atoms with Gasteiger partial charge < -0.3 is 9.47 Å². The highest BCUT2D eigenvalue weighted by Crippen LogP contribution is 2.51. The molecular formula is C19H16N4O4S2. The highest BCUT2D eigenvalue weighted by atomic mass is 32.2. The summed E-state index contributed by atoms with van der Waals surface area (Å²) in [5, 5.41) is 9.84. The van der Waals surface area contributed by atoms with Crippen molar-refractivity contribution in [2.45, 2.75) is 41.4 Å². The predicted molar refractivity (Wildman–Crippen MR) is 103 cm³/mol. The largest absolute Gasteiger partial charge is 0.421 e. The van der Waals surface area contributed by atoms with Crippen LogP contribution in [0.4, 0.5) is 0 Å². The molecule has 2 bridgehead atoms. The van der Waals surface area contributed by atoms with Crippen molar-refractivity contribution in [3.63, 3.8) is 0 Å². The summed E-state index contributed by atoms with van der Waals surface area (Å²) in [6, 6.07) is 9.66. The molecule has 4 heterocycles. The summed E-state index contributed by atoms with van der Waals surface area (Å²) in [5.74, 6) is -2.34. The number of hydrogen-bond acceptors (Lipinski definition) is 10. The van der Waals surface area contributed by atoms with E-state index in [2.05, 4.69) is 14.8 Å². The van der Waals surface area contributed by atoms with Crippen molar-refractivity contribution >= 4 is 35.4 Å². The van der Waals surface area contributed by atoms with E-state index in [1.165, 1.54) is 11.7 Å². The first kappa shape index (κ1) is 18.5. The van der Waals surface area contributed by atoms with Gasteiger partial charge in [0.15, 0.2) is 0 Å². The van der Waals surface area contributed by atoms with Gasteiger partial charge in [0, 0.05) is 30.7 Å². The number of ether oxygens (including phenoxy) is 2. The van der Waals surface area contributed by atoms with Crippen LogP contribution in [0.1, 0.15) is 36.1 Å². The van der Waals surface area contributed by atoms with Crippen LogP contribution >= 0.6 is 23.5 Å². The lowest BCUT2D eigenvalue weighted by molar-refractivity contribution is -0.259. The minimum Gasteiger partial charge on any atom is -0.400 e. The smallest absolute Gasteiger partial charge is 0.400 e. The fourth-order valence-corrected chi connectivity index (χ4v) is 6.11. The zero-order valence-corrected chi connectivity index (χ0v) is 16.9. The first-order chi connectivity index (χ1) is 14.0. The number of fused-ring (bicyclic) bond motifs is 3. The number of carbonyl (C=O) groups excluding carboxylic acids is 2. The molecule has 0 saturated carbocycles. The zero-order valence-electron chi connectivity index (χ0n) is 15.3. The van der Waals surface area contributed by atoms with Gasteiger partial charge in [-0.1, -0.05) is 23.9 Å². The van der Waals surface area contributed by atoms with Crippen molar-refractivity contribution in [1.29, 1.82) is 5.26 Å². The van der Waals surface area contributed by atoms with E-state index in [1.807, 2.05) is 29.2 Å². The van der Waals surface area contributed by atoms with Gasteiger partial charge in [0.05, 0.1) is 29.1 Å². The highest BCUT2D eigenvalue weighted by Gasteiger charge is 2.62. The average molecular weight is 428 g/mol. The highest BCUT2D eigenvalue weighted by molar-refractivity contribution is 7.98. The van der Waals surface area contributed by atoms with Crippen molar-refractivity contribution in [2.75, 3.05) is 13.1 Å². The Morgan fingerprint density at radius 3 is 2.62 bits per heavy atom. The van der Waals surface area contributed by atoms with Gasteiger partial charge in [0.1, 0.15) is 5.03 Å². The lowest BCUT2D eigenvalue weighted by atomic mass is 9.77. The Bertz CT molecular complexity index is 1020. The molecule has 0 aliphatic carbocycles. The maximum absolute atomic E-state index is 11.6. The van der Waals surface area contributed by atoms with Crippen LogP contribution in [-0.2, 0) is 30.2 Å². The van der Waals surface area contributed by atoms with E-state index in [0.717, 1.165) is 28.5 Å². The Kier molecular flexibility index (Phi) is 4.34. The third-order valence-electron chi connectivity index (χ3n) is 5.85. The fourth-order valence-electron chi connectivity index (χ4n) is 4.29. The molecular weight excluding hydrogens is 412 g/mol. The molecule has 0 N–H and O–H groups in total. The van der Waals surface area contributed by atoms with Gasteiger partial charge >= 0.3 is 17.8 Å². The molecule has 3 aliphatic rings. The van der Waals surface area contributed by atoms with E-state index in [1.54, 1.807) is 11.8 Å². The number of benzene rings is 1. The molecule has 29 heavy (non-hydrogen) atoms. The second-order valence-electron chi connectivity index (χ2n) is 7.46. The van der Waals surface area contributed by atoms with Crippen LogP contribution in [0.5, 0.6) is 0 Å². The minimum absolute atomic E-state index is 0.174. The number of nitriles is 1. The lowest BCUT2D eigenvalue weighted by Crippen LogP contribution is -2.54. The number of hydrogen-bond donors (Lipinski definition) is 0. The Labute approximate surface area is 175 Å². The van der Waals surface area contributed by atoms with Crippen molar-refractivity contribution < 1.29 is 19.1 Å². The second-order valence-corrected chi connectivity index (χ2v) is 8.95. The Morgan fingerprint density at radius 2 is 1.90 bits per heavy atom. The molecule has 8 nitrogen and oxygen atoms in total. The summed E-state index contributed by atoms with van der Waals surface area (Å²) in [5.41, 5.74) is 2.57. The standard InChI is InChI=1S/C19H16N4O4S2/c20-9-12-1-3-13(4-2-12)10-28-15-14(21-29-22-15)18-5-6-19(23(11-18)8-7-18)26-16(24)17(25)27-19/h1-4H,5-8,10-11H2. The van der Waals surface area contributed by atoms with Gasteiger partial charge in [0.25, 0.3) is 0 Å². The number of rotatable bonds is 4. The molecule has 3 aliphatic heterocycles. The molecule has 1 aromatic heterocycles. The van der Waals surface area contributed by atoms with Crippen LogP contribution in [0.2, 0.25) is 0 Å². The molecule has 148 valence electrons. The third kappa shape index (κ3) is 3.01. The number of piperidine rings is 1. The fraction of sp³-hybridized carbons (Fsp3) is 0.421. The molecule has 3 saturated heterocycles. The molecule has 10 heteroatoms. The van der Waals surface area contributed by atoms with Crippen molar-refractivity contribution in [3.8, 4) is 6.07 Å². The summed E-state index contributed by atoms with van der Waals surface area (Å²) in [6.45, 7) is 1.28. The van der Waals surface area contributed by atoms with Gasteiger partial charge in [0.2, 0.25) is 0 Å². The van der Waals surface area contributed by atoms with E-state index in [0.29, 0.717) is 31.5 Å². The van der Waals surface area contributed by atoms with Crippen LogP contribution in [0.3, 0.4) is 0 Å². The number of aromatic nitrogens is 2. The van der Waals surface area contributed by atoms with E-state index in [9.17, 15) is 9.59 Å². The van der Waals surface area contributed by atoms with Gasteiger partial charge in [-0.3, -0.25) is 0 Å². The zero-order chi connectivity index (χ0) is 20.1. The van der Waals surface area contributed by atoms with Crippen molar-refractivity contribution in [2.24, 2.45) is 0 Å². The number of thioether (sulfide) groups is 1. The second kappa shape index (κ2) is 6.79. The van der Waals surface area contributed by atoms with Gasteiger partial charge in [-0.25, -0.2) is 14.5 Å². The van der Waals surface area contributed by atoms with Gasteiger partial charge in [-0.05, 0) is 30.5 Å². The molecule has 2 atom stereocenters. The normalized spacial score (nSPS) is 26.9. The quantitative estimate of drug-likeness (QED) is 0.411. The SMILES string of the molecule is N#Cc1ccc(CSc2nsnc2C23CCN(C2)C2(CC3)OC(=O)C(=O)O2)cc1. The van der Waals surface area contributed by atoms with Crippen LogP contribution in [0.15, 0.2) is 29.3 Å². The summed E-state index contributed by atoms with van der Waals surface area (Å²) in [6.07, 6.45) is 1.99. The monoisotopic (exact) mass is 428 g/mol. The van der Waals surface area contributed by atoms with Crippen LogP contribution in [0.25, 0.3) is 0 Å². The summed E-state index contributed by atoms with van der Waals surface area (Å²) in [7, 11) is 0. The summed E-state index contributed by atoms with van der Waals surface area (Å²) >= 11 is 2.84. The van der Waals surface area contributed by atoms with Crippen molar-refractivity contribution in [1.82, 2.24) is 13.6 Å². The third-order valence-corrected chi connectivity index (χ3v) is 7.53. The van der Waals surface area contributed by atoms with E-state index >= 15 is 0 Å². The Morgan fingerprint density at radius 1 is 1.14 bits per heavy atom. The predicted octanol–water partition coefficient (Wildman–Crippen LogP) is 2.19. The first-order valence-corrected chi connectivity index (χ1v) is 10.9. The molecule has 3 fully saturated rings. The molecule has 1 aromatic carbocycles. The first-order valence-electron chi connectivity index (χ1n) is 9.20. The summed E-state index contributed by atoms with van der Waals surface area (Å²) < 4.78 is 19.7. The van der Waals surface area contributed by atoms with Crippen LogP contribution in [-0.4, -0.2) is 44.6 Å². The van der Waals surface area contributed by atoms with Crippen LogP contribution < -0.4 is 0 Å². The molecule has 0 amide bonds. The molecule has 2 unspecified atom stereocenters. The topological polar surface area (TPSA) is 105 Å². The molecule has 2 aromatic rings. The maximum Gasteiger partial charge on any atom is 0.421 e. The van der Waals surface area contributed by atoms with E-state index in [-0.39, 0.29) is 5.41 Å². The number of nitrogens with zero attached hydrogens (tertiary/aromatic N) is 4. The average Bonchev–Trinajstić information content (AvgIpc) is 3.42. The van der Waals surface area contributed by atoms with Gasteiger partial charge in [-0.15, -0.1) is 0 Å². The summed E-state index contributed by atoms with van der Waals surface area (Å²) in [4.78, 5) is 25.1. The number of esters is 2. The lowest BCUT2D eigenvalue weighted by Gasteiger charge is -2.41. The molecule has 0 radical (unpaired) electrons.